The van der Waals surface area contributed by atoms with Crippen LogP contribution in [0.2, 0.25) is 0 Å². The van der Waals surface area contributed by atoms with Crippen LogP contribution in [0.25, 0.3) is 72.3 Å². The maximum Gasteiger partial charge on any atom is 0.268 e. The number of rotatable bonds is 9. The van der Waals surface area contributed by atoms with Crippen LogP contribution in [0, 0.1) is 24.4 Å². The van der Waals surface area contributed by atoms with Crippen molar-refractivity contribution in [2.24, 2.45) is 5.92 Å². The first kappa shape index (κ1) is 33.6. The molecule has 58 heavy (non-hydrogen) atoms. The molecule has 0 aliphatic rings. The Hall–Kier alpha value is -6.55. The van der Waals surface area contributed by atoms with Crippen LogP contribution in [-0.2, 0) is 27.5 Å². The Labute approximate surface area is 356 Å². The first-order chi connectivity index (χ1) is 29.3. The molecule has 6 heteroatoms. The van der Waals surface area contributed by atoms with Gasteiger partial charge in [0.25, 0.3) is 6.33 Å². The Kier molecular flexibility index (Phi) is 9.13. The fourth-order valence-electron chi connectivity index (χ4n) is 7.75. The van der Waals surface area contributed by atoms with E-state index in [1.807, 2.05) is 95.8 Å². The first-order valence-corrected chi connectivity index (χ1v) is 19.2. The molecular weight excluding hydrogens is 892 g/mol. The summed E-state index contributed by atoms with van der Waals surface area (Å²) in [5, 5.41) is 1.87. The quantitative estimate of drug-likeness (QED) is 0.107. The molecule has 0 bridgehead atoms. The van der Waals surface area contributed by atoms with Crippen molar-refractivity contribution < 1.29 is 34.5 Å². The van der Waals surface area contributed by atoms with Crippen LogP contribution in [0.5, 0.6) is 11.5 Å². The second-order valence-corrected chi connectivity index (χ2v) is 14.5. The van der Waals surface area contributed by atoms with E-state index in [0.29, 0.717) is 34.8 Å². The Morgan fingerprint density at radius 2 is 1.33 bits per heavy atom. The number of pyridine rings is 1. The molecular formula is C52H38N4OPt-2. The fourth-order valence-corrected chi connectivity index (χ4v) is 7.75. The molecule has 0 amide bonds. The summed E-state index contributed by atoms with van der Waals surface area (Å²) in [6.07, 6.45) is 4.06. The van der Waals surface area contributed by atoms with Crippen LogP contribution in [0.4, 0.5) is 0 Å². The Morgan fingerprint density at radius 1 is 0.672 bits per heavy atom. The van der Waals surface area contributed by atoms with Gasteiger partial charge in [-0.3, -0.25) is 4.57 Å². The van der Waals surface area contributed by atoms with Crippen LogP contribution in [0.3, 0.4) is 0 Å². The van der Waals surface area contributed by atoms with Gasteiger partial charge in [-0.15, -0.1) is 29.7 Å². The van der Waals surface area contributed by atoms with Crippen LogP contribution >= 0.6 is 0 Å². The van der Waals surface area contributed by atoms with Crippen LogP contribution < -0.4 is 9.30 Å². The van der Waals surface area contributed by atoms with E-state index < -0.39 is 0 Å². The van der Waals surface area contributed by atoms with Gasteiger partial charge in [-0.25, -0.2) is 4.98 Å². The molecule has 0 saturated heterocycles. The molecule has 3 aromatic heterocycles. The van der Waals surface area contributed by atoms with E-state index in [4.69, 9.17) is 7.48 Å². The van der Waals surface area contributed by atoms with E-state index in [-0.39, 0.29) is 45.2 Å². The van der Waals surface area contributed by atoms with Crippen molar-refractivity contribution in [2.75, 3.05) is 0 Å². The summed E-state index contributed by atoms with van der Waals surface area (Å²) in [5.41, 5.74) is 10.1. The molecule has 0 spiro atoms. The number of benzene rings is 7. The molecule has 0 aliphatic carbocycles. The number of nitrogens with zero attached hydrogens (tertiary/aromatic N) is 4. The van der Waals surface area contributed by atoms with Gasteiger partial charge in [0, 0.05) is 44.3 Å². The Bertz CT molecular complexity index is 3180. The zero-order chi connectivity index (χ0) is 40.9. The number of aromatic nitrogens is 4. The largest absolute Gasteiger partial charge is 0.510 e. The van der Waals surface area contributed by atoms with Crippen molar-refractivity contribution in [1.29, 1.82) is 0 Å². The van der Waals surface area contributed by atoms with Crippen LogP contribution in [-0.4, -0.2) is 14.1 Å². The van der Waals surface area contributed by atoms with Crippen LogP contribution in [0.1, 0.15) is 23.5 Å². The molecule has 0 saturated carbocycles. The van der Waals surface area contributed by atoms with E-state index in [1.54, 1.807) is 0 Å². The molecule has 10 rings (SSSR count). The number of imidazole rings is 1. The molecule has 7 aromatic carbocycles. The van der Waals surface area contributed by atoms with E-state index >= 15 is 0 Å². The molecule has 0 N–H and O–H groups in total. The molecule has 0 aliphatic heterocycles. The minimum Gasteiger partial charge on any atom is -0.510 e. The SMILES string of the molecule is [2H]c1nc(-n2c3[c-]c(Oc4[c-]c(-n5[c-][n+](-c6c(-c7ccccc7)cccc6-c6ccccc6)c6ccccc65)ccc4)ccc3c3ccccc32)c([2H])c(CC(C)C)c1[2H].[Pt]. The third kappa shape index (κ3) is 6.82. The topological polar surface area (TPSA) is 35.9 Å². The van der Waals surface area contributed by atoms with Gasteiger partial charge in [0.1, 0.15) is 5.82 Å². The number of ether oxygens (including phenoxy) is 1. The van der Waals surface area contributed by atoms with Gasteiger partial charge in [0.15, 0.2) is 0 Å². The average molecular weight is 933 g/mol. The summed E-state index contributed by atoms with van der Waals surface area (Å²) in [6.45, 7) is 4.10. The maximum atomic E-state index is 9.22. The third-order valence-electron chi connectivity index (χ3n) is 10.2. The molecule has 284 valence electrons. The molecule has 5 nitrogen and oxygen atoms in total. The maximum absolute atomic E-state index is 9.22. The normalized spacial score (nSPS) is 12.1. The van der Waals surface area contributed by atoms with Crippen molar-refractivity contribution >= 4 is 32.8 Å². The van der Waals surface area contributed by atoms with Gasteiger partial charge in [0.05, 0.1) is 20.8 Å². The van der Waals surface area contributed by atoms with Gasteiger partial charge >= 0.3 is 0 Å². The fraction of sp³-hybridized carbons (Fsp3) is 0.0769. The summed E-state index contributed by atoms with van der Waals surface area (Å²) >= 11 is 0. The van der Waals surface area contributed by atoms with E-state index in [9.17, 15) is 1.37 Å². The Balaban J connectivity index is 0.00000476. The minimum absolute atomic E-state index is 0. The molecule has 0 atom stereocenters. The van der Waals surface area contributed by atoms with E-state index in [1.165, 1.54) is 0 Å². The predicted molar refractivity (Wildman–Crippen MR) is 229 cm³/mol. The predicted octanol–water partition coefficient (Wildman–Crippen LogP) is 12.1. The van der Waals surface area contributed by atoms with E-state index in [2.05, 4.69) is 113 Å². The summed E-state index contributed by atoms with van der Waals surface area (Å²) < 4.78 is 39.0. The van der Waals surface area contributed by atoms with Gasteiger partial charge in [-0.05, 0) is 69.4 Å². The number of para-hydroxylation sites is 4. The summed E-state index contributed by atoms with van der Waals surface area (Å²) in [5.74, 6) is 1.45. The molecule has 0 radical (unpaired) electrons. The molecule has 3 heterocycles. The third-order valence-corrected chi connectivity index (χ3v) is 10.2. The van der Waals surface area contributed by atoms with Gasteiger partial charge in [-0.1, -0.05) is 141 Å². The van der Waals surface area contributed by atoms with Crippen molar-refractivity contribution in [3.05, 3.63) is 200 Å². The summed E-state index contributed by atoms with van der Waals surface area (Å²) in [7, 11) is 0. The van der Waals surface area contributed by atoms with Crippen molar-refractivity contribution in [1.82, 2.24) is 14.1 Å². The van der Waals surface area contributed by atoms with Gasteiger partial charge in [-0.2, -0.15) is 18.2 Å². The number of hydrogen-bond donors (Lipinski definition) is 0. The van der Waals surface area contributed by atoms with Gasteiger partial charge in [0.2, 0.25) is 0 Å². The number of hydrogen-bond acceptors (Lipinski definition) is 2. The summed E-state index contributed by atoms with van der Waals surface area (Å²) in [6, 6.07) is 60.4. The van der Waals surface area contributed by atoms with E-state index in [0.717, 1.165) is 61.0 Å². The van der Waals surface area contributed by atoms with Crippen molar-refractivity contribution in [2.45, 2.75) is 20.3 Å². The Morgan fingerprint density at radius 3 is 2.07 bits per heavy atom. The van der Waals surface area contributed by atoms with Crippen molar-refractivity contribution in [3.63, 3.8) is 0 Å². The molecule has 0 fully saturated rings. The zero-order valence-electron chi connectivity index (χ0n) is 34.8. The zero-order valence-corrected chi connectivity index (χ0v) is 34.1. The second-order valence-electron chi connectivity index (χ2n) is 14.5. The first-order valence-electron chi connectivity index (χ1n) is 20.7. The van der Waals surface area contributed by atoms with Gasteiger partial charge < -0.3 is 13.9 Å². The smallest absolute Gasteiger partial charge is 0.268 e. The standard InChI is InChI=1S/C52H38N4O.Pt/c1-36(2)31-37-29-30-53-51(32-37)56-47-24-10-9-21-45(47)46-28-27-42(34-50(46)56)57-41-20-13-19-40(33-41)54-35-55(49-26-12-11-25-48(49)54)52-43(38-15-5-3-6-16-38)22-14-23-44(52)39-17-7-4-8-18-39;/h3-30,32,36H,31H2,1-2H3;/q-2;/i29D,30D,32D;. The molecule has 0 unspecified atom stereocenters. The minimum atomic E-state index is -0.156. The molecule has 10 aromatic rings. The van der Waals surface area contributed by atoms with Crippen LogP contribution in [0.15, 0.2) is 176 Å². The number of fused-ring (bicyclic) bond motifs is 4. The monoisotopic (exact) mass is 932 g/mol. The summed E-state index contributed by atoms with van der Waals surface area (Å²) in [4.78, 5) is 4.52. The second kappa shape index (κ2) is 15.8. The van der Waals surface area contributed by atoms with Crippen molar-refractivity contribution in [3.8, 4) is 50.9 Å². The average Bonchev–Trinajstić information content (AvgIpc) is 3.83.